The molecule has 1 aromatic carbocycles. The first-order valence-corrected chi connectivity index (χ1v) is 7.71. The fourth-order valence-corrected chi connectivity index (χ4v) is 2.86. The third kappa shape index (κ3) is 3.31. The van der Waals surface area contributed by atoms with Gasteiger partial charge in [0.05, 0.1) is 6.10 Å². The maximum absolute atomic E-state index is 12.0. The maximum atomic E-state index is 12.0. The fourth-order valence-electron chi connectivity index (χ4n) is 2.86. The van der Waals surface area contributed by atoms with E-state index in [4.69, 9.17) is 9.47 Å². The van der Waals surface area contributed by atoms with Gasteiger partial charge in [-0.05, 0) is 37.8 Å². The smallest absolute Gasteiger partial charge is 0.306 e. The highest BCUT2D eigenvalue weighted by molar-refractivity contribution is 5.83. The average molecular weight is 303 g/mol. The maximum Gasteiger partial charge on any atom is 0.306 e. The van der Waals surface area contributed by atoms with Crippen LogP contribution in [0.4, 0.5) is 0 Å². The van der Waals surface area contributed by atoms with Crippen LogP contribution in [0.2, 0.25) is 0 Å². The summed E-state index contributed by atoms with van der Waals surface area (Å²) < 4.78 is 10.6. The standard InChI is InChI=1S/C17H21NO4/c1-11-6-8-15(17(20)21-11)22-16(19)9-7-12-10-18-14-5-3-2-4-13(12)14/h2-5,10-11,15,17-18,20H,6-9H2,1H3/t11-,15-,17?/m0/s1. The quantitative estimate of drug-likeness (QED) is 0.851. The number of aliphatic hydroxyl groups excluding tert-OH is 1. The van der Waals surface area contributed by atoms with Crippen LogP contribution in [0.25, 0.3) is 10.9 Å². The van der Waals surface area contributed by atoms with Crippen LogP contribution >= 0.6 is 0 Å². The van der Waals surface area contributed by atoms with E-state index < -0.39 is 12.4 Å². The Morgan fingerprint density at radius 2 is 2.23 bits per heavy atom. The molecule has 2 heterocycles. The number of esters is 1. The summed E-state index contributed by atoms with van der Waals surface area (Å²) in [6.07, 6.45) is 2.71. The molecule has 1 aromatic heterocycles. The molecule has 5 heteroatoms. The third-order valence-electron chi connectivity index (χ3n) is 4.10. The highest BCUT2D eigenvalue weighted by Crippen LogP contribution is 2.22. The minimum absolute atomic E-state index is 0.0103. The van der Waals surface area contributed by atoms with E-state index in [0.717, 1.165) is 22.9 Å². The number of rotatable bonds is 4. The number of hydrogen-bond donors (Lipinski definition) is 2. The molecule has 1 aliphatic rings. The Bertz CT molecular complexity index is 651. The normalized spacial score (nSPS) is 25.3. The summed E-state index contributed by atoms with van der Waals surface area (Å²) in [5.74, 6) is -0.299. The Kier molecular flexibility index (Phi) is 4.45. The van der Waals surface area contributed by atoms with Crippen molar-refractivity contribution in [1.29, 1.82) is 0 Å². The molecule has 0 amide bonds. The number of benzene rings is 1. The summed E-state index contributed by atoms with van der Waals surface area (Å²) in [6.45, 7) is 1.90. The molecule has 0 saturated carbocycles. The number of fused-ring (bicyclic) bond motifs is 1. The van der Waals surface area contributed by atoms with E-state index in [1.165, 1.54) is 0 Å². The Labute approximate surface area is 129 Å². The molecule has 1 fully saturated rings. The molecule has 2 aromatic rings. The van der Waals surface area contributed by atoms with Crippen molar-refractivity contribution < 1.29 is 19.4 Å². The van der Waals surface area contributed by atoms with Gasteiger partial charge in [0.1, 0.15) is 0 Å². The number of H-pyrrole nitrogens is 1. The van der Waals surface area contributed by atoms with Crippen molar-refractivity contribution in [2.24, 2.45) is 0 Å². The number of para-hydroxylation sites is 1. The van der Waals surface area contributed by atoms with E-state index in [9.17, 15) is 9.90 Å². The zero-order valence-electron chi connectivity index (χ0n) is 12.6. The first kappa shape index (κ1) is 15.1. The number of aryl methyl sites for hydroxylation is 1. The van der Waals surface area contributed by atoms with Gasteiger partial charge in [0.15, 0.2) is 12.4 Å². The van der Waals surface area contributed by atoms with Crippen molar-refractivity contribution in [2.45, 2.75) is 51.1 Å². The summed E-state index contributed by atoms with van der Waals surface area (Å²) in [4.78, 5) is 15.2. The Morgan fingerprint density at radius 1 is 1.41 bits per heavy atom. The Balaban J connectivity index is 1.54. The zero-order chi connectivity index (χ0) is 15.5. The van der Waals surface area contributed by atoms with Crippen LogP contribution in [-0.4, -0.2) is 34.6 Å². The molecule has 0 bridgehead atoms. The van der Waals surface area contributed by atoms with Crippen molar-refractivity contribution in [1.82, 2.24) is 4.98 Å². The lowest BCUT2D eigenvalue weighted by atomic mass is 10.1. The van der Waals surface area contributed by atoms with E-state index in [-0.39, 0.29) is 12.1 Å². The monoisotopic (exact) mass is 303 g/mol. The molecule has 0 radical (unpaired) electrons. The van der Waals surface area contributed by atoms with Crippen LogP contribution in [0.5, 0.6) is 0 Å². The van der Waals surface area contributed by atoms with Gasteiger partial charge < -0.3 is 19.6 Å². The van der Waals surface area contributed by atoms with Crippen LogP contribution in [-0.2, 0) is 20.7 Å². The number of nitrogens with one attached hydrogen (secondary N) is 1. The van der Waals surface area contributed by atoms with Gasteiger partial charge in [-0.3, -0.25) is 4.79 Å². The third-order valence-corrected chi connectivity index (χ3v) is 4.10. The molecule has 0 spiro atoms. The van der Waals surface area contributed by atoms with Gasteiger partial charge in [0, 0.05) is 23.5 Å². The summed E-state index contributed by atoms with van der Waals surface area (Å²) >= 11 is 0. The van der Waals surface area contributed by atoms with Crippen LogP contribution in [0.15, 0.2) is 30.5 Å². The van der Waals surface area contributed by atoms with Crippen LogP contribution in [0.1, 0.15) is 31.7 Å². The van der Waals surface area contributed by atoms with Crippen molar-refractivity contribution in [2.75, 3.05) is 0 Å². The molecule has 3 rings (SSSR count). The predicted octanol–water partition coefficient (Wildman–Crippen LogP) is 2.53. The van der Waals surface area contributed by atoms with Gasteiger partial charge in [-0.15, -0.1) is 0 Å². The molecule has 1 aliphatic heterocycles. The second kappa shape index (κ2) is 6.50. The van der Waals surface area contributed by atoms with Gasteiger partial charge in [0.2, 0.25) is 0 Å². The van der Waals surface area contributed by atoms with E-state index in [1.807, 2.05) is 37.4 Å². The van der Waals surface area contributed by atoms with Gasteiger partial charge in [-0.25, -0.2) is 0 Å². The number of carbonyl (C=O) groups is 1. The molecule has 3 atom stereocenters. The lowest BCUT2D eigenvalue weighted by Crippen LogP contribution is -2.40. The van der Waals surface area contributed by atoms with Gasteiger partial charge in [0.25, 0.3) is 0 Å². The highest BCUT2D eigenvalue weighted by Gasteiger charge is 2.30. The fraction of sp³-hybridized carbons (Fsp3) is 0.471. The molecule has 118 valence electrons. The number of ether oxygens (including phenoxy) is 2. The molecule has 2 N–H and O–H groups in total. The number of aliphatic hydroxyl groups is 1. The Hall–Kier alpha value is -1.85. The lowest BCUT2D eigenvalue weighted by Gasteiger charge is -2.31. The van der Waals surface area contributed by atoms with Gasteiger partial charge in [-0.1, -0.05) is 18.2 Å². The minimum atomic E-state index is -1.01. The summed E-state index contributed by atoms with van der Waals surface area (Å²) in [5.41, 5.74) is 2.16. The molecule has 0 aliphatic carbocycles. The zero-order valence-corrected chi connectivity index (χ0v) is 12.6. The van der Waals surface area contributed by atoms with Crippen LogP contribution in [0, 0.1) is 0 Å². The lowest BCUT2D eigenvalue weighted by molar-refractivity contribution is -0.224. The van der Waals surface area contributed by atoms with E-state index in [0.29, 0.717) is 19.3 Å². The van der Waals surface area contributed by atoms with Gasteiger partial charge in [-0.2, -0.15) is 0 Å². The summed E-state index contributed by atoms with van der Waals surface area (Å²) in [7, 11) is 0. The average Bonchev–Trinajstić information content (AvgIpc) is 2.91. The number of aromatic amines is 1. The molecule has 1 unspecified atom stereocenters. The van der Waals surface area contributed by atoms with E-state index in [2.05, 4.69) is 4.98 Å². The van der Waals surface area contributed by atoms with Crippen molar-refractivity contribution in [3.63, 3.8) is 0 Å². The minimum Gasteiger partial charge on any atom is -0.457 e. The van der Waals surface area contributed by atoms with Crippen molar-refractivity contribution >= 4 is 16.9 Å². The van der Waals surface area contributed by atoms with Crippen molar-refractivity contribution in [3.8, 4) is 0 Å². The number of carbonyl (C=O) groups excluding carboxylic acids is 1. The SMILES string of the molecule is C[C@H]1CC[C@H](OC(=O)CCc2c[nH]c3ccccc23)C(O)O1. The summed E-state index contributed by atoms with van der Waals surface area (Å²) in [5, 5.41) is 10.9. The number of hydrogen-bond acceptors (Lipinski definition) is 4. The first-order valence-electron chi connectivity index (χ1n) is 7.71. The molecule has 5 nitrogen and oxygen atoms in total. The van der Waals surface area contributed by atoms with Crippen molar-refractivity contribution in [3.05, 3.63) is 36.0 Å². The van der Waals surface area contributed by atoms with E-state index in [1.54, 1.807) is 0 Å². The van der Waals surface area contributed by atoms with Crippen LogP contribution in [0.3, 0.4) is 0 Å². The topological polar surface area (TPSA) is 71.6 Å². The molecular formula is C17H21NO4. The summed E-state index contributed by atoms with van der Waals surface area (Å²) in [6, 6.07) is 8.00. The van der Waals surface area contributed by atoms with E-state index >= 15 is 0 Å². The van der Waals surface area contributed by atoms with Gasteiger partial charge >= 0.3 is 5.97 Å². The Morgan fingerprint density at radius 3 is 3.05 bits per heavy atom. The largest absolute Gasteiger partial charge is 0.457 e. The molecular weight excluding hydrogens is 282 g/mol. The molecule has 22 heavy (non-hydrogen) atoms. The predicted molar refractivity (Wildman–Crippen MR) is 82.3 cm³/mol. The first-order chi connectivity index (χ1) is 10.6. The molecule has 1 saturated heterocycles. The second-order valence-electron chi connectivity index (χ2n) is 5.80. The van der Waals surface area contributed by atoms with Crippen LogP contribution < -0.4 is 0 Å². The number of aromatic nitrogens is 1. The second-order valence-corrected chi connectivity index (χ2v) is 5.80. The highest BCUT2D eigenvalue weighted by atomic mass is 16.6.